The van der Waals surface area contributed by atoms with Crippen molar-refractivity contribution in [2.24, 2.45) is 5.41 Å². The molecule has 6 aliphatic carbocycles. The van der Waals surface area contributed by atoms with E-state index in [0.717, 1.165) is 34.0 Å². The van der Waals surface area contributed by atoms with E-state index < -0.39 is 14.5 Å². The van der Waals surface area contributed by atoms with Gasteiger partial charge in [0.25, 0.3) is 0 Å². The van der Waals surface area contributed by atoms with Crippen LogP contribution < -0.4 is 0 Å². The Labute approximate surface area is 310 Å². The van der Waals surface area contributed by atoms with Gasteiger partial charge in [0.15, 0.2) is 0 Å². The first-order valence-electron chi connectivity index (χ1n) is 21.1. The van der Waals surface area contributed by atoms with E-state index >= 15 is 0 Å². The summed E-state index contributed by atoms with van der Waals surface area (Å²) in [4.78, 5) is 0. The van der Waals surface area contributed by atoms with Gasteiger partial charge in [0.2, 0.25) is 0 Å². The maximum absolute atomic E-state index is 4.85. The molecule has 6 saturated carbocycles. The van der Waals surface area contributed by atoms with Crippen LogP contribution in [0.1, 0.15) is 206 Å². The molecule has 0 radical (unpaired) electrons. The van der Waals surface area contributed by atoms with Crippen LogP contribution in [0.3, 0.4) is 0 Å². The summed E-state index contributed by atoms with van der Waals surface area (Å²) in [6, 6.07) is 0. The van der Waals surface area contributed by atoms with Crippen molar-refractivity contribution >= 4 is 33.9 Å². The third-order valence-corrected chi connectivity index (χ3v) is 27.2. The molecule has 0 atom stereocenters. The Morgan fingerprint density at radius 2 is 0.681 bits per heavy atom. The Hall–Kier alpha value is 1.62. The van der Waals surface area contributed by atoms with Gasteiger partial charge < -0.3 is 0 Å². The van der Waals surface area contributed by atoms with Crippen molar-refractivity contribution in [3.8, 4) is 11.6 Å². The zero-order valence-corrected chi connectivity index (χ0v) is 35.9. The van der Waals surface area contributed by atoms with E-state index in [1.807, 2.05) is 0 Å². The van der Waals surface area contributed by atoms with E-state index in [2.05, 4.69) is 19.8 Å². The van der Waals surface area contributed by atoms with Gasteiger partial charge in [0.1, 0.15) is 7.26 Å². The molecule has 0 amide bonds. The van der Waals surface area contributed by atoms with Crippen molar-refractivity contribution in [2.75, 3.05) is 6.16 Å². The summed E-state index contributed by atoms with van der Waals surface area (Å²) >= 11 is -0.346. The van der Waals surface area contributed by atoms with Gasteiger partial charge in [-0.15, -0.1) is 0 Å². The summed E-state index contributed by atoms with van der Waals surface area (Å²) in [6.45, 7) is 5.42. The Bertz CT molecular complexity index is 846. The van der Waals surface area contributed by atoms with Crippen LogP contribution in [-0.2, 0) is 15.1 Å². The molecule has 5 heteroatoms. The summed E-state index contributed by atoms with van der Waals surface area (Å²) in [7, 11) is 7.27. The molecule has 6 rings (SSSR count). The van der Waals surface area contributed by atoms with Crippen LogP contribution in [0.25, 0.3) is 0 Å². The number of halogens is 2. The fraction of sp³-hybridized carbons (Fsp3) is 0.952. The average molecular weight is 813 g/mol. The van der Waals surface area contributed by atoms with Crippen molar-refractivity contribution < 1.29 is 15.1 Å². The van der Waals surface area contributed by atoms with Gasteiger partial charge in [-0.2, -0.15) is 0 Å². The third-order valence-electron chi connectivity index (χ3n) is 14.6. The topological polar surface area (TPSA) is 0 Å². The SMILES string of the molecule is CC(C)(C#C[P+](C1CCCCC1)(C1CCCCC1)C1CCCCC1)C[P+](C1CCCCC1)(C1CCCCC1)C1CCCCC1.[Cl][Ru][Cl]. The van der Waals surface area contributed by atoms with Crippen LogP contribution in [0.5, 0.6) is 0 Å². The summed E-state index contributed by atoms with van der Waals surface area (Å²) in [6.07, 6.45) is 47.7. The Morgan fingerprint density at radius 1 is 0.447 bits per heavy atom. The molecule has 0 saturated heterocycles. The average Bonchev–Trinajstić information content (AvgIpc) is 3.14. The zero-order chi connectivity index (χ0) is 33.0. The van der Waals surface area contributed by atoms with Crippen LogP contribution in [0.4, 0.5) is 0 Å². The molecule has 6 fully saturated rings. The van der Waals surface area contributed by atoms with Gasteiger partial charge in [-0.3, -0.25) is 0 Å². The number of rotatable bonds is 8. The van der Waals surface area contributed by atoms with E-state index in [1.54, 1.807) is 83.2 Å². The van der Waals surface area contributed by atoms with Crippen LogP contribution in [0.2, 0.25) is 0 Å². The normalized spacial score (nSPS) is 26.3. The maximum atomic E-state index is 4.85. The predicted molar refractivity (Wildman–Crippen MR) is 213 cm³/mol. The van der Waals surface area contributed by atoms with Gasteiger partial charge in [-0.25, -0.2) is 0 Å². The van der Waals surface area contributed by atoms with Crippen LogP contribution >= 0.6 is 33.9 Å². The summed E-state index contributed by atoms with van der Waals surface area (Å²) < 4.78 is 0. The molecule has 0 unspecified atom stereocenters. The van der Waals surface area contributed by atoms with E-state index in [9.17, 15) is 0 Å². The monoisotopic (exact) mass is 812 g/mol. The molecule has 272 valence electrons. The fourth-order valence-electron chi connectivity index (χ4n) is 12.6. The van der Waals surface area contributed by atoms with E-state index in [-0.39, 0.29) is 20.6 Å². The molecule has 0 heterocycles. The van der Waals surface area contributed by atoms with E-state index in [1.165, 1.54) is 116 Å². The van der Waals surface area contributed by atoms with E-state index in [0.29, 0.717) is 0 Å². The fourth-order valence-corrected chi connectivity index (χ4v) is 27.1. The molecule has 6 aliphatic rings. The third kappa shape index (κ3) is 10.2. The Kier molecular flexibility index (Phi) is 17.1. The predicted octanol–water partition coefficient (Wildman–Crippen LogP) is 15.4. The molecular weight excluding hydrogens is 738 g/mol. The van der Waals surface area contributed by atoms with E-state index in [4.69, 9.17) is 25.0 Å². The molecule has 0 N–H and O–H groups in total. The number of hydrogen-bond donors (Lipinski definition) is 0. The van der Waals surface area contributed by atoms with Crippen LogP contribution in [0.15, 0.2) is 0 Å². The molecular formula is C42H74Cl2P2Ru+2. The zero-order valence-electron chi connectivity index (χ0n) is 30.9. The van der Waals surface area contributed by atoms with Crippen molar-refractivity contribution in [2.45, 2.75) is 240 Å². The Balaban J connectivity index is 0.00000139. The van der Waals surface area contributed by atoms with Gasteiger partial charge in [-0.1, -0.05) is 44.4 Å². The van der Waals surface area contributed by atoms with Crippen LogP contribution in [-0.4, -0.2) is 40.1 Å². The van der Waals surface area contributed by atoms with Crippen LogP contribution in [0, 0.1) is 17.0 Å². The summed E-state index contributed by atoms with van der Waals surface area (Å²) in [5.74, 6) is 4.49. The van der Waals surface area contributed by atoms with Gasteiger partial charge in [0.05, 0.1) is 51.2 Å². The minimum absolute atomic E-state index is 0.212. The molecule has 0 aromatic rings. The first-order chi connectivity index (χ1) is 23.0. The molecule has 0 aromatic heterocycles. The van der Waals surface area contributed by atoms with Crippen molar-refractivity contribution in [3.63, 3.8) is 0 Å². The molecule has 0 nitrogen and oxygen atoms in total. The first-order valence-corrected chi connectivity index (χ1v) is 29.8. The second-order valence-corrected chi connectivity index (χ2v) is 29.1. The molecule has 0 aliphatic heterocycles. The number of hydrogen-bond acceptors (Lipinski definition) is 0. The Morgan fingerprint density at radius 3 is 0.936 bits per heavy atom. The second kappa shape index (κ2) is 20.2. The quantitative estimate of drug-likeness (QED) is 0.130. The second-order valence-electron chi connectivity index (χ2n) is 17.9. The molecule has 0 bridgehead atoms. The molecule has 47 heavy (non-hydrogen) atoms. The summed E-state index contributed by atoms with van der Waals surface area (Å²) in [5, 5.41) is 0. The standard InChI is InChI=1S/C42H74P2.2ClH.Ru/c1-42(2,35-44(39-27-15-6-16-28-39,40-29-17-7-18-30-40)41-31-19-8-20-32-41)33-34-43(36-21-9-3-10-22-36,37-23-11-4-12-24-37)38-25-13-5-14-26-38;;;/h36-41H,3-32,35H2,1-2H3;2*1H;/q+2;;;+2/p-2. The summed E-state index contributed by atoms with van der Waals surface area (Å²) in [5.41, 5.74) is 11.2. The molecule has 0 aromatic carbocycles. The van der Waals surface area contributed by atoms with Crippen molar-refractivity contribution in [1.29, 1.82) is 0 Å². The van der Waals surface area contributed by atoms with Crippen molar-refractivity contribution in [1.82, 2.24) is 0 Å². The van der Waals surface area contributed by atoms with Gasteiger partial charge in [-0.05, 0) is 168 Å². The first kappa shape index (κ1) is 39.8. The van der Waals surface area contributed by atoms with Crippen molar-refractivity contribution in [3.05, 3.63) is 0 Å². The van der Waals surface area contributed by atoms with Gasteiger partial charge >= 0.3 is 34.5 Å². The van der Waals surface area contributed by atoms with Gasteiger partial charge in [0, 0.05) is 7.26 Å². The molecule has 0 spiro atoms. The minimum atomic E-state index is -1.33.